The number of para-hydroxylation sites is 2. The topological polar surface area (TPSA) is 91.1 Å². The molecule has 4 aromatic heterocycles. The van der Waals surface area contributed by atoms with Gasteiger partial charge in [-0.3, -0.25) is 18.7 Å². The zero-order valence-corrected chi connectivity index (χ0v) is 17.1. The van der Waals surface area contributed by atoms with Gasteiger partial charge in [0.05, 0.1) is 23.3 Å². The minimum Gasteiger partial charge on any atom is -0.334 e. The van der Waals surface area contributed by atoms with E-state index in [0.717, 1.165) is 16.7 Å². The summed E-state index contributed by atoms with van der Waals surface area (Å²) in [6, 6.07) is 18.9. The second-order valence-electron chi connectivity index (χ2n) is 7.44. The number of hydrogen-bond donors (Lipinski definition) is 0. The van der Waals surface area contributed by atoms with Crippen molar-refractivity contribution in [3.05, 3.63) is 101 Å². The highest BCUT2D eigenvalue weighted by Gasteiger charge is 2.21. The minimum absolute atomic E-state index is 0.175. The van der Waals surface area contributed by atoms with Crippen LogP contribution in [0.2, 0.25) is 0 Å². The molecule has 0 aliphatic heterocycles. The van der Waals surface area contributed by atoms with Gasteiger partial charge in [0.15, 0.2) is 0 Å². The molecule has 0 aliphatic carbocycles. The van der Waals surface area contributed by atoms with E-state index in [0.29, 0.717) is 23.3 Å². The van der Waals surface area contributed by atoms with Crippen LogP contribution in [0.1, 0.15) is 5.69 Å². The first-order valence-corrected chi connectivity index (χ1v) is 10.2. The normalized spacial score (nSPS) is 11.4. The van der Waals surface area contributed by atoms with Gasteiger partial charge < -0.3 is 4.52 Å². The van der Waals surface area contributed by atoms with E-state index in [1.165, 1.54) is 12.1 Å². The smallest absolute Gasteiger partial charge is 0.278 e. The van der Waals surface area contributed by atoms with Gasteiger partial charge in [-0.25, -0.2) is 9.37 Å². The molecule has 9 heteroatoms. The third-order valence-electron chi connectivity index (χ3n) is 5.42. The van der Waals surface area contributed by atoms with Gasteiger partial charge in [-0.1, -0.05) is 23.4 Å². The molecule has 0 radical (unpaired) electrons. The van der Waals surface area contributed by atoms with Gasteiger partial charge in [0, 0.05) is 11.8 Å². The zero-order valence-electron chi connectivity index (χ0n) is 17.1. The lowest BCUT2D eigenvalue weighted by molar-refractivity contribution is 0.432. The molecule has 0 fully saturated rings. The molecule has 0 spiro atoms. The van der Waals surface area contributed by atoms with Crippen LogP contribution >= 0.6 is 0 Å². The number of aromatic nitrogens is 6. The van der Waals surface area contributed by atoms with E-state index in [9.17, 15) is 9.18 Å². The average molecular weight is 438 g/mol. The fourth-order valence-corrected chi connectivity index (χ4v) is 3.87. The van der Waals surface area contributed by atoms with Gasteiger partial charge >= 0.3 is 0 Å². The molecule has 0 unspecified atom stereocenters. The highest BCUT2D eigenvalue weighted by molar-refractivity contribution is 5.83. The standard InChI is InChI=1S/C24H15FN6O2/c25-16-10-8-15(9-11-16)23-28-22(29-33-23)20-21-24(32)30(13-17-5-3-4-12-26-17)18-6-1-2-7-19(18)31(21)14-27-20/h1-12,14H,13H2. The Morgan fingerprint density at radius 1 is 0.909 bits per heavy atom. The maximum absolute atomic E-state index is 13.7. The number of benzene rings is 2. The van der Waals surface area contributed by atoms with Crippen LogP contribution in [0, 0.1) is 5.82 Å². The minimum atomic E-state index is -0.362. The molecule has 33 heavy (non-hydrogen) atoms. The van der Waals surface area contributed by atoms with Crippen LogP contribution < -0.4 is 5.56 Å². The van der Waals surface area contributed by atoms with Crippen molar-refractivity contribution in [3.8, 4) is 23.0 Å². The van der Waals surface area contributed by atoms with Crippen molar-refractivity contribution in [2.45, 2.75) is 6.54 Å². The van der Waals surface area contributed by atoms with Crippen LogP contribution in [0.25, 0.3) is 39.5 Å². The lowest BCUT2D eigenvalue weighted by Crippen LogP contribution is -2.24. The first-order chi connectivity index (χ1) is 16.2. The van der Waals surface area contributed by atoms with Gasteiger partial charge in [-0.15, -0.1) is 0 Å². The number of nitrogens with zero attached hydrogens (tertiary/aromatic N) is 6. The molecule has 4 heterocycles. The van der Waals surface area contributed by atoms with Crippen molar-refractivity contribution in [2.75, 3.05) is 0 Å². The Kier molecular flexibility index (Phi) is 4.32. The summed E-state index contributed by atoms with van der Waals surface area (Å²) < 4.78 is 22.0. The zero-order chi connectivity index (χ0) is 22.4. The summed E-state index contributed by atoms with van der Waals surface area (Å²) in [6.45, 7) is 0.300. The van der Waals surface area contributed by atoms with Crippen molar-refractivity contribution >= 4 is 16.6 Å². The first-order valence-electron chi connectivity index (χ1n) is 10.2. The van der Waals surface area contributed by atoms with E-state index in [1.54, 1.807) is 33.6 Å². The Balaban J connectivity index is 1.55. The fourth-order valence-electron chi connectivity index (χ4n) is 3.87. The third kappa shape index (κ3) is 3.18. The quantitative estimate of drug-likeness (QED) is 0.414. The fraction of sp³-hybridized carbons (Fsp3) is 0.0417. The molecular weight excluding hydrogens is 423 g/mol. The monoisotopic (exact) mass is 438 g/mol. The van der Waals surface area contributed by atoms with E-state index < -0.39 is 0 Å². The van der Waals surface area contributed by atoms with Gasteiger partial charge in [0.1, 0.15) is 23.4 Å². The molecule has 0 bridgehead atoms. The summed E-state index contributed by atoms with van der Waals surface area (Å²) in [5.74, 6) is 0.0215. The van der Waals surface area contributed by atoms with Gasteiger partial charge in [0.25, 0.3) is 11.4 Å². The van der Waals surface area contributed by atoms with Gasteiger partial charge in [-0.05, 0) is 48.5 Å². The third-order valence-corrected chi connectivity index (χ3v) is 5.42. The summed E-state index contributed by atoms with van der Waals surface area (Å²) in [6.07, 6.45) is 3.27. The molecule has 0 aliphatic rings. The highest BCUT2D eigenvalue weighted by atomic mass is 19.1. The molecule has 2 aromatic carbocycles. The Bertz CT molecular complexity index is 1670. The van der Waals surface area contributed by atoms with Crippen LogP contribution in [-0.2, 0) is 6.54 Å². The molecule has 6 rings (SSSR count). The summed E-state index contributed by atoms with van der Waals surface area (Å²) in [7, 11) is 0. The average Bonchev–Trinajstić information content (AvgIpc) is 3.51. The molecule has 6 aromatic rings. The number of fused-ring (bicyclic) bond motifs is 3. The highest BCUT2D eigenvalue weighted by Crippen LogP contribution is 2.25. The summed E-state index contributed by atoms with van der Waals surface area (Å²) in [5.41, 5.74) is 3.27. The summed E-state index contributed by atoms with van der Waals surface area (Å²) >= 11 is 0. The Hall–Kier alpha value is -4.66. The second kappa shape index (κ2) is 7.49. The van der Waals surface area contributed by atoms with E-state index in [-0.39, 0.29) is 23.1 Å². The van der Waals surface area contributed by atoms with Crippen molar-refractivity contribution < 1.29 is 8.91 Å². The van der Waals surface area contributed by atoms with Crippen LogP contribution in [0.3, 0.4) is 0 Å². The maximum atomic E-state index is 13.7. The van der Waals surface area contributed by atoms with Gasteiger partial charge in [0.2, 0.25) is 5.82 Å². The predicted molar refractivity (Wildman–Crippen MR) is 119 cm³/mol. The van der Waals surface area contributed by atoms with Crippen molar-refractivity contribution in [3.63, 3.8) is 0 Å². The lowest BCUT2D eigenvalue weighted by Gasteiger charge is -2.12. The number of imidazole rings is 1. The Morgan fingerprint density at radius 2 is 1.70 bits per heavy atom. The van der Waals surface area contributed by atoms with E-state index in [2.05, 4.69) is 20.1 Å². The van der Waals surface area contributed by atoms with Crippen molar-refractivity contribution in [1.82, 2.24) is 29.1 Å². The molecule has 160 valence electrons. The number of halogens is 1. The number of rotatable bonds is 4. The van der Waals surface area contributed by atoms with Crippen molar-refractivity contribution in [2.24, 2.45) is 0 Å². The molecule has 8 nitrogen and oxygen atoms in total. The first kappa shape index (κ1) is 19.1. The van der Waals surface area contributed by atoms with Crippen molar-refractivity contribution in [1.29, 1.82) is 0 Å². The molecule has 0 atom stereocenters. The van der Waals surface area contributed by atoms with Gasteiger partial charge in [-0.2, -0.15) is 4.98 Å². The van der Waals surface area contributed by atoms with E-state index >= 15 is 0 Å². The SMILES string of the molecule is O=c1c2c(-c3noc(-c4ccc(F)cc4)n3)ncn2c2ccccc2n1Cc1ccccn1. The maximum Gasteiger partial charge on any atom is 0.278 e. The second-order valence-corrected chi connectivity index (χ2v) is 7.44. The largest absolute Gasteiger partial charge is 0.334 e. The van der Waals surface area contributed by atoms with Crippen LogP contribution in [0.15, 0.2) is 88.6 Å². The Morgan fingerprint density at radius 3 is 2.48 bits per heavy atom. The van der Waals surface area contributed by atoms with Crippen LogP contribution in [0.5, 0.6) is 0 Å². The van der Waals surface area contributed by atoms with E-state index in [1.807, 2.05) is 42.5 Å². The van der Waals surface area contributed by atoms with E-state index in [4.69, 9.17) is 4.52 Å². The predicted octanol–water partition coefficient (Wildman–Crippen LogP) is 3.95. The molecule has 0 amide bonds. The Labute approximate surface area is 185 Å². The molecular formula is C24H15FN6O2. The molecule has 0 saturated heterocycles. The molecule has 0 saturated carbocycles. The lowest BCUT2D eigenvalue weighted by atomic mass is 10.2. The van der Waals surface area contributed by atoms with Crippen LogP contribution in [0.4, 0.5) is 4.39 Å². The van der Waals surface area contributed by atoms with Crippen LogP contribution in [-0.4, -0.2) is 29.1 Å². The number of pyridine rings is 1. The number of hydrogen-bond acceptors (Lipinski definition) is 6. The summed E-state index contributed by atoms with van der Waals surface area (Å²) in [4.78, 5) is 26.9. The molecule has 0 N–H and O–H groups in total. The summed E-state index contributed by atoms with van der Waals surface area (Å²) in [5, 5.41) is 4.03.